The maximum absolute atomic E-state index is 12.8. The van der Waals surface area contributed by atoms with Gasteiger partial charge in [-0.2, -0.15) is 13.2 Å². The SMILES string of the molecule is COCCCNC(=O)C1(c2ccc(NS(=O)(=O)c3cc(C)ccc3C)cc2)CC1.O=C(O)C(F)(F)F. The van der Waals surface area contributed by atoms with Crippen LogP contribution in [0.15, 0.2) is 47.4 Å². The number of carboxylic acid groups (broad SMARTS) is 1. The van der Waals surface area contributed by atoms with Crippen molar-refractivity contribution in [1.29, 1.82) is 0 Å². The third-order valence-corrected chi connectivity index (χ3v) is 7.08. The number of sulfonamides is 1. The molecule has 1 amide bonds. The normalized spacial score (nSPS) is 14.3. The number of alkyl halides is 3. The Morgan fingerprint density at radius 1 is 1.08 bits per heavy atom. The fraction of sp³-hybridized carbons (Fsp3) is 0.417. The molecule has 198 valence electrons. The first-order valence-electron chi connectivity index (χ1n) is 11.0. The Balaban J connectivity index is 0.000000572. The molecule has 2 aromatic carbocycles. The molecular formula is C24H29F3N2O6S. The fourth-order valence-corrected chi connectivity index (χ4v) is 4.81. The summed E-state index contributed by atoms with van der Waals surface area (Å²) >= 11 is 0. The molecule has 0 spiro atoms. The van der Waals surface area contributed by atoms with Crippen molar-refractivity contribution in [2.24, 2.45) is 0 Å². The van der Waals surface area contributed by atoms with Crippen LogP contribution in [-0.2, 0) is 29.8 Å². The summed E-state index contributed by atoms with van der Waals surface area (Å²) in [6.45, 7) is 4.84. The number of halogens is 3. The average Bonchev–Trinajstić information content (AvgIpc) is 3.60. The van der Waals surface area contributed by atoms with Crippen molar-refractivity contribution in [3.63, 3.8) is 0 Å². The van der Waals surface area contributed by atoms with Gasteiger partial charge in [-0.15, -0.1) is 0 Å². The monoisotopic (exact) mass is 530 g/mol. The zero-order chi connectivity index (χ0) is 27.1. The van der Waals surface area contributed by atoms with Gasteiger partial charge in [-0.3, -0.25) is 9.52 Å². The number of carbonyl (C=O) groups excluding carboxylic acids is 1. The first-order valence-corrected chi connectivity index (χ1v) is 12.5. The van der Waals surface area contributed by atoms with Gasteiger partial charge >= 0.3 is 12.1 Å². The molecule has 36 heavy (non-hydrogen) atoms. The minimum atomic E-state index is -5.08. The second-order valence-corrected chi connectivity index (χ2v) is 10.1. The summed E-state index contributed by atoms with van der Waals surface area (Å²) in [6, 6.07) is 12.5. The van der Waals surface area contributed by atoms with E-state index in [1.807, 2.05) is 25.1 Å². The van der Waals surface area contributed by atoms with Crippen LogP contribution in [0.25, 0.3) is 0 Å². The lowest BCUT2D eigenvalue weighted by molar-refractivity contribution is -0.192. The van der Waals surface area contributed by atoms with Gasteiger partial charge in [0.15, 0.2) is 0 Å². The van der Waals surface area contributed by atoms with Crippen LogP contribution >= 0.6 is 0 Å². The van der Waals surface area contributed by atoms with Gasteiger partial charge in [-0.25, -0.2) is 13.2 Å². The van der Waals surface area contributed by atoms with E-state index in [1.54, 1.807) is 38.3 Å². The molecule has 1 saturated carbocycles. The van der Waals surface area contributed by atoms with E-state index in [1.165, 1.54) is 0 Å². The van der Waals surface area contributed by atoms with Crippen LogP contribution < -0.4 is 10.0 Å². The van der Waals surface area contributed by atoms with Crippen LogP contribution in [-0.4, -0.2) is 51.8 Å². The van der Waals surface area contributed by atoms with Gasteiger partial charge in [0.2, 0.25) is 5.91 Å². The van der Waals surface area contributed by atoms with Crippen LogP contribution in [0, 0.1) is 13.8 Å². The molecule has 8 nitrogen and oxygen atoms in total. The molecule has 0 aliphatic heterocycles. The predicted molar refractivity (Wildman–Crippen MR) is 127 cm³/mol. The number of aliphatic carboxylic acids is 1. The zero-order valence-corrected chi connectivity index (χ0v) is 20.9. The number of hydrogen-bond donors (Lipinski definition) is 3. The standard InChI is InChI=1S/C22H28N2O4S.C2HF3O2/c1-16-5-6-17(2)20(15-16)29(26,27)24-19-9-7-18(8-10-19)22(11-12-22)21(25)23-13-4-14-28-3;3-2(4,5)1(6)7/h5-10,15,24H,4,11-14H2,1-3H3,(H,23,25);(H,6,7). The van der Waals surface area contributed by atoms with Crippen LogP contribution in [0.3, 0.4) is 0 Å². The average molecular weight is 531 g/mol. The smallest absolute Gasteiger partial charge is 0.475 e. The van der Waals surface area contributed by atoms with E-state index < -0.39 is 27.6 Å². The molecule has 0 saturated heterocycles. The molecule has 0 unspecified atom stereocenters. The molecule has 2 aromatic rings. The topological polar surface area (TPSA) is 122 Å². The van der Waals surface area contributed by atoms with Crippen molar-refractivity contribution in [3.05, 3.63) is 59.2 Å². The Bertz CT molecular complexity index is 1180. The zero-order valence-electron chi connectivity index (χ0n) is 20.1. The molecule has 0 bridgehead atoms. The minimum Gasteiger partial charge on any atom is -0.475 e. The quantitative estimate of drug-likeness (QED) is 0.423. The number of nitrogens with one attached hydrogen (secondary N) is 2. The summed E-state index contributed by atoms with van der Waals surface area (Å²) in [5.41, 5.74) is 2.49. The highest BCUT2D eigenvalue weighted by atomic mass is 32.2. The van der Waals surface area contributed by atoms with E-state index in [2.05, 4.69) is 10.0 Å². The molecule has 0 heterocycles. The van der Waals surface area contributed by atoms with Crippen molar-refractivity contribution < 1.29 is 41.0 Å². The van der Waals surface area contributed by atoms with Gasteiger partial charge in [0.05, 0.1) is 10.3 Å². The molecule has 1 aliphatic carbocycles. The van der Waals surface area contributed by atoms with Crippen molar-refractivity contribution in [2.75, 3.05) is 25.0 Å². The van der Waals surface area contributed by atoms with Gasteiger partial charge in [-0.05, 0) is 68.0 Å². The number of hydrogen-bond acceptors (Lipinski definition) is 5. The van der Waals surface area contributed by atoms with Crippen molar-refractivity contribution in [2.45, 2.75) is 49.6 Å². The second-order valence-electron chi connectivity index (χ2n) is 8.44. The molecule has 12 heteroatoms. The van der Waals surface area contributed by atoms with E-state index in [-0.39, 0.29) is 10.8 Å². The van der Waals surface area contributed by atoms with Crippen molar-refractivity contribution in [3.8, 4) is 0 Å². The van der Waals surface area contributed by atoms with Gasteiger partial charge in [-0.1, -0.05) is 24.3 Å². The largest absolute Gasteiger partial charge is 0.490 e. The maximum Gasteiger partial charge on any atom is 0.490 e. The second kappa shape index (κ2) is 11.7. The molecule has 3 N–H and O–H groups in total. The van der Waals surface area contributed by atoms with E-state index in [0.717, 1.165) is 30.4 Å². The summed E-state index contributed by atoms with van der Waals surface area (Å²) in [7, 11) is -2.04. The first-order chi connectivity index (χ1) is 16.7. The van der Waals surface area contributed by atoms with Crippen molar-refractivity contribution in [1.82, 2.24) is 5.32 Å². The molecule has 0 radical (unpaired) electrons. The third-order valence-electron chi connectivity index (χ3n) is 5.56. The molecule has 0 atom stereocenters. The lowest BCUT2D eigenvalue weighted by Gasteiger charge is -2.17. The molecule has 3 rings (SSSR count). The number of aryl methyl sites for hydroxylation is 2. The van der Waals surface area contributed by atoms with E-state index in [9.17, 15) is 26.4 Å². The number of rotatable bonds is 9. The number of carboxylic acids is 1. The Kier molecular flexibility index (Phi) is 9.50. The number of ether oxygens (including phenoxy) is 1. The van der Waals surface area contributed by atoms with Crippen LogP contribution in [0.1, 0.15) is 36.0 Å². The lowest BCUT2D eigenvalue weighted by Crippen LogP contribution is -2.35. The maximum atomic E-state index is 12.8. The number of anilines is 1. The number of amides is 1. The summed E-state index contributed by atoms with van der Waals surface area (Å²) in [6.07, 6.45) is -2.70. The van der Waals surface area contributed by atoms with Crippen LogP contribution in [0.5, 0.6) is 0 Å². The summed E-state index contributed by atoms with van der Waals surface area (Å²) in [5.74, 6) is -2.73. The molecular weight excluding hydrogens is 501 g/mol. The Morgan fingerprint density at radius 3 is 2.17 bits per heavy atom. The predicted octanol–water partition coefficient (Wildman–Crippen LogP) is 3.92. The van der Waals surface area contributed by atoms with Gasteiger partial charge < -0.3 is 15.2 Å². The van der Waals surface area contributed by atoms with Gasteiger partial charge in [0, 0.05) is 25.9 Å². The third kappa shape index (κ3) is 7.69. The highest BCUT2D eigenvalue weighted by molar-refractivity contribution is 7.92. The molecule has 1 fully saturated rings. The molecule has 0 aromatic heterocycles. The Labute approximate surface area is 207 Å². The highest BCUT2D eigenvalue weighted by Gasteiger charge is 2.51. The van der Waals surface area contributed by atoms with Crippen LogP contribution in [0.2, 0.25) is 0 Å². The summed E-state index contributed by atoms with van der Waals surface area (Å²) in [5, 5.41) is 10.1. The number of carbonyl (C=O) groups is 2. The molecule has 1 aliphatic rings. The van der Waals surface area contributed by atoms with Gasteiger partial charge in [0.1, 0.15) is 0 Å². The van der Waals surface area contributed by atoms with Gasteiger partial charge in [0.25, 0.3) is 10.0 Å². The Morgan fingerprint density at radius 2 is 1.67 bits per heavy atom. The van der Waals surface area contributed by atoms with Crippen LogP contribution in [0.4, 0.5) is 18.9 Å². The fourth-order valence-electron chi connectivity index (χ4n) is 3.42. The highest BCUT2D eigenvalue weighted by Crippen LogP contribution is 2.48. The Hall–Kier alpha value is -3.12. The van der Waals surface area contributed by atoms with E-state index in [0.29, 0.717) is 24.4 Å². The first kappa shape index (κ1) is 29.1. The van der Waals surface area contributed by atoms with E-state index >= 15 is 0 Å². The minimum absolute atomic E-state index is 0.0253. The van der Waals surface area contributed by atoms with E-state index in [4.69, 9.17) is 14.6 Å². The summed E-state index contributed by atoms with van der Waals surface area (Å²) in [4.78, 5) is 21.8. The van der Waals surface area contributed by atoms with Crippen molar-refractivity contribution >= 4 is 27.6 Å². The number of benzene rings is 2. The lowest BCUT2D eigenvalue weighted by atomic mass is 9.95. The summed E-state index contributed by atoms with van der Waals surface area (Å²) < 4.78 is 64.9. The number of methoxy groups -OCH3 is 1.